The van der Waals surface area contributed by atoms with E-state index >= 15 is 0 Å². The van der Waals surface area contributed by atoms with E-state index in [1.165, 1.54) is 0 Å². The third kappa shape index (κ3) is 1.52. The molecule has 0 fully saturated rings. The van der Waals surface area contributed by atoms with Crippen LogP contribution in [-0.2, 0) is 17.9 Å². The molecule has 0 saturated carbocycles. The Morgan fingerprint density at radius 1 is 1.70 bits per heavy atom. The average Bonchev–Trinajstić information content (AvgIpc) is 2.37. The molecule has 0 bridgehead atoms. The molecule has 0 aliphatic rings. The molecule has 0 aliphatic heterocycles. The molecule has 0 aliphatic carbocycles. The molecular formula is C5H10N4O. The molecule has 0 atom stereocenters. The van der Waals surface area contributed by atoms with E-state index in [-0.39, 0.29) is 6.61 Å². The van der Waals surface area contributed by atoms with Crippen molar-refractivity contribution in [2.45, 2.75) is 20.0 Å². The van der Waals surface area contributed by atoms with Crippen molar-refractivity contribution in [3.8, 4) is 0 Å². The maximum atomic E-state index is 4.82. The van der Waals surface area contributed by atoms with Gasteiger partial charge >= 0.3 is 0 Å². The Labute approximate surface area is 58.6 Å². The summed E-state index contributed by atoms with van der Waals surface area (Å²) in [6.07, 6.45) is 0.821. The number of aromatic nitrogens is 3. The number of aryl methyl sites for hydroxylation is 1. The quantitative estimate of drug-likeness (QED) is 0.571. The van der Waals surface area contributed by atoms with E-state index in [2.05, 4.69) is 20.0 Å². The van der Waals surface area contributed by atoms with E-state index in [9.17, 15) is 0 Å². The van der Waals surface area contributed by atoms with Crippen LogP contribution in [0.5, 0.6) is 0 Å². The summed E-state index contributed by atoms with van der Waals surface area (Å²) in [5.41, 5.74) is 0. The molecule has 1 aromatic rings. The number of nitrogens with one attached hydrogen (secondary N) is 1. The average molecular weight is 142 g/mol. The lowest BCUT2D eigenvalue weighted by atomic mass is 10.5. The van der Waals surface area contributed by atoms with Gasteiger partial charge in [0.15, 0.2) is 11.6 Å². The minimum Gasteiger partial charge on any atom is -0.297 e. The second-order valence-electron chi connectivity index (χ2n) is 1.86. The van der Waals surface area contributed by atoms with E-state index in [1.807, 2.05) is 6.92 Å². The van der Waals surface area contributed by atoms with Crippen molar-refractivity contribution in [3.63, 3.8) is 0 Å². The lowest BCUT2D eigenvalue weighted by Crippen LogP contribution is -2.00. The van der Waals surface area contributed by atoms with Crippen LogP contribution >= 0.6 is 0 Å². The largest absolute Gasteiger partial charge is 0.297 e. The molecular weight excluding hydrogens is 132 g/mol. The van der Waals surface area contributed by atoms with Gasteiger partial charge in [-0.2, -0.15) is 5.10 Å². The highest BCUT2D eigenvalue weighted by Crippen LogP contribution is 1.92. The first-order valence-corrected chi connectivity index (χ1v) is 3.08. The molecule has 10 heavy (non-hydrogen) atoms. The van der Waals surface area contributed by atoms with Gasteiger partial charge in [-0.05, 0) is 0 Å². The van der Waals surface area contributed by atoms with Crippen LogP contribution in [-0.4, -0.2) is 15.2 Å². The molecule has 0 saturated heterocycles. The second kappa shape index (κ2) is 3.28. The van der Waals surface area contributed by atoms with Crippen LogP contribution in [0.2, 0.25) is 0 Å². The topological polar surface area (TPSA) is 76.8 Å². The fraction of sp³-hybridized carbons (Fsp3) is 0.600. The Bertz CT molecular complexity index is 197. The fourth-order valence-electron chi connectivity index (χ4n) is 0.636. The number of H-pyrrole nitrogens is 1. The third-order valence-electron chi connectivity index (χ3n) is 1.11. The Morgan fingerprint density at radius 3 is 3.00 bits per heavy atom. The van der Waals surface area contributed by atoms with Crippen molar-refractivity contribution >= 4 is 0 Å². The zero-order valence-electron chi connectivity index (χ0n) is 5.79. The van der Waals surface area contributed by atoms with Crippen molar-refractivity contribution < 1.29 is 4.84 Å². The molecule has 1 aromatic heterocycles. The van der Waals surface area contributed by atoms with Crippen molar-refractivity contribution in [3.05, 3.63) is 11.6 Å². The molecule has 5 heteroatoms. The summed E-state index contributed by atoms with van der Waals surface area (Å²) in [5, 5.41) is 6.57. The normalized spacial score (nSPS) is 10.2. The van der Waals surface area contributed by atoms with Gasteiger partial charge in [-0.25, -0.2) is 10.9 Å². The van der Waals surface area contributed by atoms with Gasteiger partial charge in [0, 0.05) is 6.42 Å². The Hall–Kier alpha value is -0.940. The summed E-state index contributed by atoms with van der Waals surface area (Å²) in [5.74, 6) is 6.27. The van der Waals surface area contributed by atoms with Gasteiger partial charge in [0.05, 0.1) is 0 Å². The zero-order valence-corrected chi connectivity index (χ0v) is 5.79. The van der Waals surface area contributed by atoms with Gasteiger partial charge in [0.2, 0.25) is 0 Å². The summed E-state index contributed by atoms with van der Waals surface area (Å²) in [6, 6.07) is 0. The summed E-state index contributed by atoms with van der Waals surface area (Å²) in [4.78, 5) is 8.40. The predicted octanol–water partition coefficient (Wildman–Crippen LogP) is -0.243. The lowest BCUT2D eigenvalue weighted by Gasteiger charge is -1.87. The van der Waals surface area contributed by atoms with Gasteiger partial charge in [-0.3, -0.25) is 9.94 Å². The van der Waals surface area contributed by atoms with Gasteiger partial charge in [0.25, 0.3) is 0 Å². The first-order chi connectivity index (χ1) is 4.86. The summed E-state index contributed by atoms with van der Waals surface area (Å²) < 4.78 is 0. The molecule has 56 valence electrons. The Balaban J connectivity index is 2.59. The number of nitrogens with two attached hydrogens (primary N) is 1. The first-order valence-electron chi connectivity index (χ1n) is 3.08. The number of hydrogen-bond donors (Lipinski definition) is 2. The van der Waals surface area contributed by atoms with Crippen LogP contribution in [0, 0.1) is 0 Å². The molecule has 1 heterocycles. The van der Waals surface area contributed by atoms with Crippen LogP contribution in [0.3, 0.4) is 0 Å². The van der Waals surface area contributed by atoms with Crippen LogP contribution in [0.4, 0.5) is 0 Å². The highest BCUT2D eigenvalue weighted by atomic mass is 16.6. The van der Waals surface area contributed by atoms with Crippen LogP contribution in [0.25, 0.3) is 0 Å². The molecule has 5 nitrogen and oxygen atoms in total. The lowest BCUT2D eigenvalue weighted by molar-refractivity contribution is 0.118. The van der Waals surface area contributed by atoms with E-state index in [4.69, 9.17) is 5.90 Å². The van der Waals surface area contributed by atoms with Crippen molar-refractivity contribution in [1.29, 1.82) is 0 Å². The maximum Gasteiger partial charge on any atom is 0.152 e. The Kier molecular flexibility index (Phi) is 2.35. The minimum absolute atomic E-state index is 0.285. The number of hydrogen-bond acceptors (Lipinski definition) is 4. The Morgan fingerprint density at radius 2 is 2.50 bits per heavy atom. The number of rotatable bonds is 3. The third-order valence-corrected chi connectivity index (χ3v) is 1.11. The molecule has 1 rings (SSSR count). The van der Waals surface area contributed by atoms with E-state index in [0.717, 1.165) is 12.2 Å². The molecule has 0 radical (unpaired) electrons. The summed E-state index contributed by atoms with van der Waals surface area (Å²) in [6.45, 7) is 2.27. The molecule has 0 amide bonds. The SMILES string of the molecule is CCc1n[nH]c(CON)n1. The minimum atomic E-state index is 0.285. The molecule has 0 aromatic carbocycles. The van der Waals surface area contributed by atoms with Gasteiger partial charge in [-0.1, -0.05) is 6.92 Å². The van der Waals surface area contributed by atoms with E-state index in [0.29, 0.717) is 5.82 Å². The summed E-state index contributed by atoms with van der Waals surface area (Å²) in [7, 11) is 0. The van der Waals surface area contributed by atoms with Crippen molar-refractivity contribution in [2.75, 3.05) is 0 Å². The molecule has 0 unspecified atom stereocenters. The highest BCUT2D eigenvalue weighted by Gasteiger charge is 1.98. The zero-order chi connectivity index (χ0) is 7.40. The van der Waals surface area contributed by atoms with Crippen LogP contribution < -0.4 is 5.90 Å². The van der Waals surface area contributed by atoms with Crippen molar-refractivity contribution in [1.82, 2.24) is 15.2 Å². The monoisotopic (exact) mass is 142 g/mol. The highest BCUT2D eigenvalue weighted by molar-refractivity contribution is 4.87. The van der Waals surface area contributed by atoms with Crippen molar-refractivity contribution in [2.24, 2.45) is 5.90 Å². The van der Waals surface area contributed by atoms with E-state index in [1.54, 1.807) is 0 Å². The van der Waals surface area contributed by atoms with Gasteiger partial charge < -0.3 is 0 Å². The molecule has 3 N–H and O–H groups in total. The fourth-order valence-corrected chi connectivity index (χ4v) is 0.636. The summed E-state index contributed by atoms with van der Waals surface area (Å²) >= 11 is 0. The standard InChI is InChI=1S/C5H10N4O/c1-2-4-7-5(3-10-6)9-8-4/h2-3,6H2,1H3,(H,7,8,9). The second-order valence-corrected chi connectivity index (χ2v) is 1.86. The first kappa shape index (κ1) is 7.17. The smallest absolute Gasteiger partial charge is 0.152 e. The maximum absolute atomic E-state index is 4.82. The van der Waals surface area contributed by atoms with Gasteiger partial charge in [-0.15, -0.1) is 0 Å². The van der Waals surface area contributed by atoms with Gasteiger partial charge in [0.1, 0.15) is 6.61 Å². The predicted molar refractivity (Wildman–Crippen MR) is 34.7 cm³/mol. The van der Waals surface area contributed by atoms with E-state index < -0.39 is 0 Å². The number of aromatic amines is 1. The van der Waals surface area contributed by atoms with Crippen LogP contribution in [0.15, 0.2) is 0 Å². The van der Waals surface area contributed by atoms with Crippen LogP contribution in [0.1, 0.15) is 18.6 Å². The molecule has 0 spiro atoms. The number of nitrogens with zero attached hydrogens (tertiary/aromatic N) is 2.